The monoisotopic (exact) mass is 324 g/mol. The standard InChI is InChI=1S/C20H24N2O2/c23-20(16-24-19-10-2-1-3-11-19)21-14-17-8-4-5-9-18(17)15-22-12-6-7-13-22/h1-5,8-11H,6-7,12-16H2,(H,21,23). The van der Waals surface area contributed by atoms with Crippen molar-refractivity contribution < 1.29 is 9.53 Å². The van der Waals surface area contributed by atoms with Crippen LogP contribution in [0, 0.1) is 0 Å². The Hall–Kier alpha value is -2.33. The Morgan fingerprint density at radius 2 is 1.62 bits per heavy atom. The first-order valence-corrected chi connectivity index (χ1v) is 8.55. The zero-order valence-corrected chi connectivity index (χ0v) is 13.9. The van der Waals surface area contributed by atoms with Gasteiger partial charge in [0.1, 0.15) is 5.75 Å². The summed E-state index contributed by atoms with van der Waals surface area (Å²) in [6, 6.07) is 17.7. The first-order valence-electron chi connectivity index (χ1n) is 8.55. The summed E-state index contributed by atoms with van der Waals surface area (Å²) in [6.07, 6.45) is 2.57. The summed E-state index contributed by atoms with van der Waals surface area (Å²) in [5.41, 5.74) is 2.47. The van der Waals surface area contributed by atoms with E-state index in [-0.39, 0.29) is 12.5 Å². The van der Waals surface area contributed by atoms with Gasteiger partial charge in [-0.05, 0) is 49.2 Å². The number of carbonyl (C=O) groups is 1. The fraction of sp³-hybridized carbons (Fsp3) is 0.350. The van der Waals surface area contributed by atoms with Crippen molar-refractivity contribution in [2.75, 3.05) is 19.7 Å². The maximum atomic E-state index is 12.0. The summed E-state index contributed by atoms with van der Waals surface area (Å²) in [4.78, 5) is 14.5. The molecule has 24 heavy (non-hydrogen) atoms. The maximum Gasteiger partial charge on any atom is 0.258 e. The van der Waals surface area contributed by atoms with Gasteiger partial charge in [-0.25, -0.2) is 0 Å². The molecular weight excluding hydrogens is 300 g/mol. The lowest BCUT2D eigenvalue weighted by Gasteiger charge is -2.17. The van der Waals surface area contributed by atoms with Crippen LogP contribution in [0.3, 0.4) is 0 Å². The molecule has 1 N–H and O–H groups in total. The second-order valence-corrected chi connectivity index (χ2v) is 6.13. The maximum absolute atomic E-state index is 12.0. The van der Waals surface area contributed by atoms with E-state index in [1.165, 1.54) is 37.1 Å². The first-order chi connectivity index (χ1) is 11.8. The number of likely N-dealkylation sites (tertiary alicyclic amines) is 1. The van der Waals surface area contributed by atoms with Crippen molar-refractivity contribution in [1.82, 2.24) is 10.2 Å². The molecule has 3 rings (SSSR count). The number of hydrogen-bond acceptors (Lipinski definition) is 3. The highest BCUT2D eigenvalue weighted by atomic mass is 16.5. The lowest BCUT2D eigenvalue weighted by Crippen LogP contribution is -2.29. The van der Waals surface area contributed by atoms with E-state index in [0.717, 1.165) is 6.54 Å². The van der Waals surface area contributed by atoms with Gasteiger partial charge >= 0.3 is 0 Å². The molecule has 2 aromatic rings. The molecule has 1 fully saturated rings. The molecule has 0 aromatic heterocycles. The van der Waals surface area contributed by atoms with E-state index >= 15 is 0 Å². The van der Waals surface area contributed by atoms with Crippen molar-refractivity contribution in [3.63, 3.8) is 0 Å². The molecular formula is C20H24N2O2. The molecule has 1 heterocycles. The molecule has 0 spiro atoms. The lowest BCUT2D eigenvalue weighted by atomic mass is 10.1. The van der Waals surface area contributed by atoms with Crippen molar-refractivity contribution in [3.05, 3.63) is 65.7 Å². The number of carbonyl (C=O) groups excluding carboxylic acids is 1. The average molecular weight is 324 g/mol. The van der Waals surface area contributed by atoms with Gasteiger partial charge in [0.25, 0.3) is 5.91 Å². The van der Waals surface area contributed by atoms with Gasteiger partial charge in [0, 0.05) is 13.1 Å². The SMILES string of the molecule is O=C(COc1ccccc1)NCc1ccccc1CN1CCCC1. The van der Waals surface area contributed by atoms with Crippen LogP contribution < -0.4 is 10.1 Å². The second-order valence-electron chi connectivity index (χ2n) is 6.13. The highest BCUT2D eigenvalue weighted by molar-refractivity contribution is 5.77. The van der Waals surface area contributed by atoms with Crippen molar-refractivity contribution in [3.8, 4) is 5.75 Å². The van der Waals surface area contributed by atoms with Crippen LogP contribution in [-0.4, -0.2) is 30.5 Å². The molecule has 1 saturated heterocycles. The van der Waals surface area contributed by atoms with Crippen molar-refractivity contribution >= 4 is 5.91 Å². The molecule has 0 atom stereocenters. The topological polar surface area (TPSA) is 41.6 Å². The third kappa shape index (κ3) is 4.83. The third-order valence-corrected chi connectivity index (χ3v) is 4.30. The van der Waals surface area contributed by atoms with Gasteiger partial charge in [0.05, 0.1) is 0 Å². The van der Waals surface area contributed by atoms with Gasteiger partial charge in [-0.15, -0.1) is 0 Å². The lowest BCUT2D eigenvalue weighted by molar-refractivity contribution is -0.123. The zero-order chi connectivity index (χ0) is 16.6. The second kappa shape index (κ2) is 8.50. The molecule has 0 unspecified atom stereocenters. The van der Waals surface area contributed by atoms with E-state index in [1.54, 1.807) is 0 Å². The third-order valence-electron chi connectivity index (χ3n) is 4.30. The minimum Gasteiger partial charge on any atom is -0.484 e. The summed E-state index contributed by atoms with van der Waals surface area (Å²) in [6.45, 7) is 3.89. The van der Waals surface area contributed by atoms with Crippen LogP contribution in [0.25, 0.3) is 0 Å². The quantitative estimate of drug-likeness (QED) is 0.851. The molecule has 0 saturated carbocycles. The summed E-state index contributed by atoms with van der Waals surface area (Å²) in [5, 5.41) is 2.95. The van der Waals surface area contributed by atoms with Crippen LogP contribution in [0.4, 0.5) is 0 Å². The number of benzene rings is 2. The van der Waals surface area contributed by atoms with Crippen LogP contribution in [0.15, 0.2) is 54.6 Å². The predicted octanol–water partition coefficient (Wildman–Crippen LogP) is 2.98. The summed E-state index contributed by atoms with van der Waals surface area (Å²) < 4.78 is 5.47. The largest absolute Gasteiger partial charge is 0.484 e. The number of amides is 1. The minimum atomic E-state index is -0.102. The van der Waals surface area contributed by atoms with Gasteiger partial charge < -0.3 is 10.1 Å². The Kier molecular flexibility index (Phi) is 5.85. The Morgan fingerprint density at radius 1 is 0.958 bits per heavy atom. The summed E-state index contributed by atoms with van der Waals surface area (Å²) in [7, 11) is 0. The van der Waals surface area contributed by atoms with Crippen molar-refractivity contribution in [2.24, 2.45) is 0 Å². The van der Waals surface area contributed by atoms with E-state index < -0.39 is 0 Å². The molecule has 4 heteroatoms. The summed E-state index contributed by atoms with van der Waals surface area (Å²) in [5.74, 6) is 0.608. The molecule has 4 nitrogen and oxygen atoms in total. The van der Waals surface area contributed by atoms with Crippen LogP contribution in [0.5, 0.6) is 5.75 Å². The van der Waals surface area contributed by atoms with Crippen LogP contribution in [-0.2, 0) is 17.9 Å². The summed E-state index contributed by atoms with van der Waals surface area (Å²) >= 11 is 0. The highest BCUT2D eigenvalue weighted by Crippen LogP contribution is 2.16. The van der Waals surface area contributed by atoms with E-state index in [1.807, 2.05) is 36.4 Å². The van der Waals surface area contributed by atoms with Gasteiger partial charge in [-0.3, -0.25) is 9.69 Å². The number of ether oxygens (including phenoxy) is 1. The Bertz CT molecular complexity index is 652. The Balaban J connectivity index is 1.49. The van der Waals surface area contributed by atoms with Crippen LogP contribution in [0.1, 0.15) is 24.0 Å². The number of para-hydroxylation sites is 1. The molecule has 2 aromatic carbocycles. The molecule has 1 aliphatic rings. The molecule has 126 valence electrons. The van der Waals surface area contributed by atoms with Gasteiger partial charge in [-0.2, -0.15) is 0 Å². The molecule has 0 radical (unpaired) electrons. The van der Waals surface area contributed by atoms with Crippen molar-refractivity contribution in [1.29, 1.82) is 0 Å². The Labute approximate surface area is 143 Å². The fourth-order valence-corrected chi connectivity index (χ4v) is 2.98. The normalized spacial score (nSPS) is 14.5. The average Bonchev–Trinajstić information content (AvgIpc) is 3.13. The number of nitrogens with zero attached hydrogens (tertiary/aromatic N) is 1. The first kappa shape index (κ1) is 16.5. The van der Waals surface area contributed by atoms with Gasteiger partial charge in [0.15, 0.2) is 6.61 Å². The predicted molar refractivity (Wildman–Crippen MR) is 94.7 cm³/mol. The fourth-order valence-electron chi connectivity index (χ4n) is 2.98. The number of hydrogen-bond donors (Lipinski definition) is 1. The van der Waals surface area contributed by atoms with E-state index in [9.17, 15) is 4.79 Å². The smallest absolute Gasteiger partial charge is 0.258 e. The van der Waals surface area contributed by atoms with E-state index in [2.05, 4.69) is 28.4 Å². The van der Waals surface area contributed by atoms with Gasteiger partial charge in [0.2, 0.25) is 0 Å². The minimum absolute atomic E-state index is 0.0400. The Morgan fingerprint density at radius 3 is 2.38 bits per heavy atom. The highest BCUT2D eigenvalue weighted by Gasteiger charge is 2.13. The van der Waals surface area contributed by atoms with E-state index in [0.29, 0.717) is 12.3 Å². The van der Waals surface area contributed by atoms with Crippen LogP contribution in [0.2, 0.25) is 0 Å². The molecule has 0 bridgehead atoms. The van der Waals surface area contributed by atoms with Gasteiger partial charge in [-0.1, -0.05) is 42.5 Å². The van der Waals surface area contributed by atoms with E-state index in [4.69, 9.17) is 4.74 Å². The van der Waals surface area contributed by atoms with Crippen molar-refractivity contribution in [2.45, 2.75) is 25.9 Å². The zero-order valence-electron chi connectivity index (χ0n) is 13.9. The molecule has 1 aliphatic heterocycles. The van der Waals surface area contributed by atoms with Crippen LogP contribution >= 0.6 is 0 Å². The number of rotatable bonds is 7. The number of nitrogens with one attached hydrogen (secondary N) is 1. The molecule has 1 amide bonds. The molecule has 0 aliphatic carbocycles.